The number of hydrogen-bond donors (Lipinski definition) is 2. The Morgan fingerprint density at radius 3 is 2.74 bits per heavy atom. The highest BCUT2D eigenvalue weighted by Gasteiger charge is 2.34. The van der Waals surface area contributed by atoms with Crippen LogP contribution in [0.5, 0.6) is 17.2 Å². The summed E-state index contributed by atoms with van der Waals surface area (Å²) >= 11 is 0. The Hall–Kier alpha value is -2.27. The summed E-state index contributed by atoms with van der Waals surface area (Å²) in [5.74, 6) is 0.207. The zero-order valence-corrected chi connectivity index (χ0v) is 10.4. The van der Waals surface area contributed by atoms with Crippen molar-refractivity contribution in [3.8, 4) is 17.2 Å². The van der Waals surface area contributed by atoms with Crippen LogP contribution >= 0.6 is 0 Å². The van der Waals surface area contributed by atoms with E-state index in [4.69, 9.17) is 9.47 Å². The summed E-state index contributed by atoms with van der Waals surface area (Å²) in [7, 11) is 1.50. The molecule has 0 saturated heterocycles. The third-order valence-corrected chi connectivity index (χ3v) is 3.28. The fraction of sp³-hybridized carbons (Fsp3) is 0.214. The molecule has 1 atom stereocenters. The fourth-order valence-corrected chi connectivity index (χ4v) is 2.42. The first-order valence-corrected chi connectivity index (χ1v) is 5.76. The molecular formula is C14H12O5. The minimum atomic E-state index is -1.50. The standard InChI is InChI=1S/C14H12O5/c1-6-3-7-4-8(18-2)5-9(15)11(7)13-10(6)12(16)14(17)19-13/h3-5,14-15,17H,1-2H3. The van der Waals surface area contributed by atoms with Crippen LogP contribution in [0.15, 0.2) is 18.2 Å². The van der Waals surface area contributed by atoms with Gasteiger partial charge >= 0.3 is 0 Å². The quantitative estimate of drug-likeness (QED) is 0.817. The number of aryl methyl sites for hydroxylation is 1. The molecule has 2 aromatic carbocycles. The Morgan fingerprint density at radius 1 is 1.32 bits per heavy atom. The van der Waals surface area contributed by atoms with Gasteiger partial charge < -0.3 is 19.7 Å². The van der Waals surface area contributed by atoms with E-state index in [-0.39, 0.29) is 11.5 Å². The van der Waals surface area contributed by atoms with Crippen molar-refractivity contribution in [1.29, 1.82) is 0 Å². The highest BCUT2D eigenvalue weighted by atomic mass is 16.6. The van der Waals surface area contributed by atoms with E-state index >= 15 is 0 Å². The molecule has 0 aliphatic carbocycles. The fourth-order valence-electron chi connectivity index (χ4n) is 2.42. The maximum atomic E-state index is 11.8. The number of aliphatic hydroxyl groups is 1. The van der Waals surface area contributed by atoms with Crippen molar-refractivity contribution in [3.05, 3.63) is 29.3 Å². The highest BCUT2D eigenvalue weighted by Crippen LogP contribution is 2.43. The second-order valence-corrected chi connectivity index (χ2v) is 4.48. The third kappa shape index (κ3) is 1.55. The smallest absolute Gasteiger partial charge is 0.262 e. The molecule has 0 amide bonds. The van der Waals surface area contributed by atoms with Crippen LogP contribution in [-0.4, -0.2) is 29.4 Å². The molecule has 98 valence electrons. The molecule has 1 aliphatic rings. The van der Waals surface area contributed by atoms with Gasteiger partial charge in [0.15, 0.2) is 0 Å². The van der Waals surface area contributed by atoms with Gasteiger partial charge in [0.25, 0.3) is 6.29 Å². The molecule has 3 rings (SSSR count). The maximum absolute atomic E-state index is 11.8. The van der Waals surface area contributed by atoms with Crippen molar-refractivity contribution in [2.45, 2.75) is 13.2 Å². The van der Waals surface area contributed by atoms with Gasteiger partial charge in [0.1, 0.15) is 17.2 Å². The monoisotopic (exact) mass is 260 g/mol. The number of benzene rings is 2. The summed E-state index contributed by atoms with van der Waals surface area (Å²) in [5, 5.41) is 20.7. The first-order valence-electron chi connectivity index (χ1n) is 5.76. The van der Waals surface area contributed by atoms with Crippen LogP contribution in [0.3, 0.4) is 0 Å². The molecule has 0 saturated carbocycles. The maximum Gasteiger partial charge on any atom is 0.262 e. The Kier molecular flexibility index (Phi) is 2.40. The molecule has 0 radical (unpaired) electrons. The number of carbonyl (C=O) groups is 1. The van der Waals surface area contributed by atoms with Crippen molar-refractivity contribution in [2.24, 2.45) is 0 Å². The van der Waals surface area contributed by atoms with Crippen LogP contribution in [-0.2, 0) is 0 Å². The Morgan fingerprint density at radius 2 is 2.05 bits per heavy atom. The van der Waals surface area contributed by atoms with E-state index in [1.165, 1.54) is 13.2 Å². The summed E-state index contributed by atoms with van der Waals surface area (Å²) in [5.41, 5.74) is 1.01. The number of hydrogen-bond acceptors (Lipinski definition) is 5. The summed E-state index contributed by atoms with van der Waals surface area (Å²) < 4.78 is 10.3. The van der Waals surface area contributed by atoms with Gasteiger partial charge in [-0.2, -0.15) is 0 Å². The first kappa shape index (κ1) is 11.8. The number of ether oxygens (including phenoxy) is 2. The SMILES string of the molecule is COc1cc(O)c2c3c(c(C)cc2c1)C(=O)C(O)O3. The number of phenols is 1. The summed E-state index contributed by atoms with van der Waals surface area (Å²) in [4.78, 5) is 11.8. The van der Waals surface area contributed by atoms with Crippen molar-refractivity contribution in [1.82, 2.24) is 0 Å². The molecule has 5 nitrogen and oxygen atoms in total. The predicted octanol–water partition coefficient (Wildman–Crippen LogP) is 1.76. The predicted molar refractivity (Wildman–Crippen MR) is 67.9 cm³/mol. The molecule has 5 heteroatoms. The minimum Gasteiger partial charge on any atom is -0.507 e. The van der Waals surface area contributed by atoms with E-state index in [1.807, 2.05) is 0 Å². The van der Waals surface area contributed by atoms with Gasteiger partial charge in [-0.1, -0.05) is 6.07 Å². The topological polar surface area (TPSA) is 76.0 Å². The van der Waals surface area contributed by atoms with Gasteiger partial charge in [-0.05, 0) is 23.9 Å². The van der Waals surface area contributed by atoms with Gasteiger partial charge in [-0.3, -0.25) is 4.79 Å². The minimum absolute atomic E-state index is 0.0486. The Bertz CT molecular complexity index is 705. The van der Waals surface area contributed by atoms with Crippen molar-refractivity contribution in [2.75, 3.05) is 7.11 Å². The number of fused-ring (bicyclic) bond motifs is 3. The molecule has 0 spiro atoms. The Labute approximate surface area is 109 Å². The second kappa shape index (κ2) is 3.86. The van der Waals surface area contributed by atoms with Gasteiger partial charge in [-0.25, -0.2) is 0 Å². The lowest BCUT2D eigenvalue weighted by Crippen LogP contribution is -2.18. The van der Waals surface area contributed by atoms with E-state index in [2.05, 4.69) is 0 Å². The van der Waals surface area contributed by atoms with E-state index in [0.29, 0.717) is 27.6 Å². The number of carbonyl (C=O) groups excluding carboxylic acids is 1. The largest absolute Gasteiger partial charge is 0.507 e. The molecular weight excluding hydrogens is 248 g/mol. The number of phenolic OH excluding ortho intramolecular Hbond substituents is 1. The Balaban J connectivity index is 2.41. The molecule has 2 N–H and O–H groups in total. The van der Waals surface area contributed by atoms with E-state index in [1.54, 1.807) is 19.1 Å². The molecule has 1 heterocycles. The zero-order chi connectivity index (χ0) is 13.7. The molecule has 19 heavy (non-hydrogen) atoms. The summed E-state index contributed by atoms with van der Waals surface area (Å²) in [6.45, 7) is 1.76. The summed E-state index contributed by atoms with van der Waals surface area (Å²) in [6.07, 6.45) is -1.50. The number of methoxy groups -OCH3 is 1. The number of aliphatic hydroxyl groups excluding tert-OH is 1. The summed E-state index contributed by atoms with van der Waals surface area (Å²) in [6, 6.07) is 4.94. The average Bonchev–Trinajstić information content (AvgIpc) is 2.65. The average molecular weight is 260 g/mol. The van der Waals surface area contributed by atoms with Crippen LogP contribution in [0.4, 0.5) is 0 Å². The van der Waals surface area contributed by atoms with Crippen LogP contribution < -0.4 is 9.47 Å². The third-order valence-electron chi connectivity index (χ3n) is 3.28. The molecule has 1 aliphatic heterocycles. The van der Waals surface area contributed by atoms with Crippen LogP contribution in [0.25, 0.3) is 10.8 Å². The molecule has 0 fully saturated rings. The normalized spacial score (nSPS) is 17.4. The lowest BCUT2D eigenvalue weighted by Gasteiger charge is -2.10. The van der Waals surface area contributed by atoms with Crippen LogP contribution in [0, 0.1) is 6.92 Å². The molecule has 1 unspecified atom stereocenters. The van der Waals surface area contributed by atoms with Gasteiger partial charge in [-0.15, -0.1) is 0 Å². The number of Topliss-reactive ketones (excluding diaryl/α,β-unsaturated/α-hetero) is 1. The zero-order valence-electron chi connectivity index (χ0n) is 10.4. The number of aromatic hydroxyl groups is 1. The van der Waals surface area contributed by atoms with E-state index < -0.39 is 12.1 Å². The molecule has 2 aromatic rings. The van der Waals surface area contributed by atoms with E-state index in [0.717, 1.165) is 0 Å². The number of rotatable bonds is 1. The second-order valence-electron chi connectivity index (χ2n) is 4.48. The molecule has 0 bridgehead atoms. The lowest BCUT2D eigenvalue weighted by molar-refractivity contribution is 0.00926. The number of ketones is 1. The van der Waals surface area contributed by atoms with Crippen molar-refractivity contribution in [3.63, 3.8) is 0 Å². The first-order chi connectivity index (χ1) is 9.02. The van der Waals surface area contributed by atoms with Crippen molar-refractivity contribution >= 4 is 16.6 Å². The van der Waals surface area contributed by atoms with Crippen LogP contribution in [0.2, 0.25) is 0 Å². The van der Waals surface area contributed by atoms with Gasteiger partial charge in [0.2, 0.25) is 5.78 Å². The van der Waals surface area contributed by atoms with Crippen LogP contribution in [0.1, 0.15) is 15.9 Å². The highest BCUT2D eigenvalue weighted by molar-refractivity contribution is 6.11. The van der Waals surface area contributed by atoms with Crippen molar-refractivity contribution < 1.29 is 24.5 Å². The van der Waals surface area contributed by atoms with Gasteiger partial charge in [0.05, 0.1) is 18.1 Å². The lowest BCUT2D eigenvalue weighted by atomic mass is 9.98. The van der Waals surface area contributed by atoms with E-state index in [9.17, 15) is 15.0 Å². The molecule has 0 aromatic heterocycles. The van der Waals surface area contributed by atoms with Gasteiger partial charge in [0, 0.05) is 6.07 Å².